The van der Waals surface area contributed by atoms with E-state index in [0.717, 1.165) is 42.9 Å². The number of aromatic nitrogens is 2. The van der Waals surface area contributed by atoms with E-state index >= 15 is 0 Å². The van der Waals surface area contributed by atoms with Crippen molar-refractivity contribution in [2.75, 3.05) is 18.4 Å². The van der Waals surface area contributed by atoms with Gasteiger partial charge in [0.2, 0.25) is 5.95 Å². The second-order valence-corrected chi connectivity index (χ2v) is 6.01. The van der Waals surface area contributed by atoms with Crippen LogP contribution in [0.4, 0.5) is 11.6 Å². The maximum atomic E-state index is 12.6. The second-order valence-electron chi connectivity index (χ2n) is 6.01. The molecule has 0 atom stereocenters. The van der Waals surface area contributed by atoms with Crippen molar-refractivity contribution in [3.63, 3.8) is 0 Å². The third-order valence-corrected chi connectivity index (χ3v) is 4.11. The lowest BCUT2D eigenvalue weighted by Gasteiger charge is -2.26. The molecule has 2 aromatic rings. The Hall–Kier alpha value is -2.43. The average molecular weight is 310 g/mol. The van der Waals surface area contributed by atoms with Crippen molar-refractivity contribution in [1.82, 2.24) is 14.9 Å². The molecule has 0 radical (unpaired) electrons. The van der Waals surface area contributed by atoms with Gasteiger partial charge in [-0.05, 0) is 50.8 Å². The summed E-state index contributed by atoms with van der Waals surface area (Å²) in [5.41, 5.74) is 3.32. The fourth-order valence-electron chi connectivity index (χ4n) is 2.83. The van der Waals surface area contributed by atoms with Crippen molar-refractivity contribution in [1.29, 1.82) is 0 Å². The summed E-state index contributed by atoms with van der Waals surface area (Å²) in [5.74, 6) is 0.475. The van der Waals surface area contributed by atoms with E-state index in [0.29, 0.717) is 11.6 Å². The quantitative estimate of drug-likeness (QED) is 0.943. The van der Waals surface area contributed by atoms with Crippen LogP contribution in [0, 0.1) is 13.8 Å². The molecule has 1 aliphatic rings. The summed E-state index contributed by atoms with van der Waals surface area (Å²) < 4.78 is 0. The molecule has 0 bridgehead atoms. The lowest BCUT2D eigenvalue weighted by Crippen LogP contribution is -2.36. The maximum Gasteiger partial charge on any atom is 0.272 e. The molecule has 1 aliphatic heterocycles. The number of aryl methyl sites for hydroxylation is 2. The third kappa shape index (κ3) is 3.67. The van der Waals surface area contributed by atoms with Crippen molar-refractivity contribution in [2.45, 2.75) is 33.1 Å². The molecule has 1 fully saturated rings. The topological polar surface area (TPSA) is 58.1 Å². The number of anilines is 2. The lowest BCUT2D eigenvalue weighted by molar-refractivity contribution is 0.0718. The van der Waals surface area contributed by atoms with Crippen molar-refractivity contribution in [3.8, 4) is 0 Å². The number of likely N-dealkylation sites (tertiary alicyclic amines) is 1. The highest BCUT2D eigenvalue weighted by atomic mass is 16.2. The highest BCUT2D eigenvalue weighted by Gasteiger charge is 2.20. The number of amides is 1. The molecule has 1 aromatic heterocycles. The molecule has 3 rings (SSSR count). The monoisotopic (exact) mass is 310 g/mol. The van der Waals surface area contributed by atoms with Crippen LogP contribution in [0.15, 0.2) is 30.3 Å². The molecule has 5 nitrogen and oxygen atoms in total. The van der Waals surface area contributed by atoms with E-state index in [1.165, 1.54) is 6.42 Å². The van der Waals surface area contributed by atoms with Gasteiger partial charge in [-0.25, -0.2) is 9.97 Å². The number of hydrogen-bond donors (Lipinski definition) is 1. The van der Waals surface area contributed by atoms with Crippen LogP contribution in [-0.4, -0.2) is 33.9 Å². The van der Waals surface area contributed by atoms with Gasteiger partial charge in [-0.2, -0.15) is 0 Å². The number of rotatable bonds is 3. The van der Waals surface area contributed by atoms with E-state index in [9.17, 15) is 4.79 Å². The van der Waals surface area contributed by atoms with Gasteiger partial charge in [-0.1, -0.05) is 18.2 Å². The molecular weight excluding hydrogens is 288 g/mol. The van der Waals surface area contributed by atoms with Crippen molar-refractivity contribution in [2.24, 2.45) is 0 Å². The molecule has 2 heterocycles. The SMILES string of the molecule is Cc1cc(C(=O)N2CCCCC2)nc(Nc2ccccc2C)n1. The summed E-state index contributed by atoms with van der Waals surface area (Å²) in [5, 5.41) is 3.22. The van der Waals surface area contributed by atoms with E-state index in [-0.39, 0.29) is 5.91 Å². The van der Waals surface area contributed by atoms with Crippen LogP contribution in [-0.2, 0) is 0 Å². The Bertz CT molecular complexity index is 708. The first-order valence-corrected chi connectivity index (χ1v) is 8.11. The predicted octanol–water partition coefficient (Wildman–Crippen LogP) is 3.46. The Balaban J connectivity index is 1.84. The summed E-state index contributed by atoms with van der Waals surface area (Å²) >= 11 is 0. The van der Waals surface area contributed by atoms with Gasteiger partial charge < -0.3 is 10.2 Å². The van der Waals surface area contributed by atoms with Crippen LogP contribution < -0.4 is 5.32 Å². The Morgan fingerprint density at radius 2 is 1.83 bits per heavy atom. The van der Waals surface area contributed by atoms with E-state index in [1.54, 1.807) is 6.07 Å². The summed E-state index contributed by atoms with van der Waals surface area (Å²) in [6.45, 7) is 5.56. The van der Waals surface area contributed by atoms with E-state index in [4.69, 9.17) is 0 Å². The average Bonchev–Trinajstić information content (AvgIpc) is 2.56. The molecule has 120 valence electrons. The van der Waals surface area contributed by atoms with Crippen molar-refractivity contribution in [3.05, 3.63) is 47.3 Å². The van der Waals surface area contributed by atoms with Crippen LogP contribution >= 0.6 is 0 Å². The zero-order valence-electron chi connectivity index (χ0n) is 13.7. The summed E-state index contributed by atoms with van der Waals surface area (Å²) in [6, 6.07) is 9.72. The molecular formula is C18H22N4O. The first kappa shape index (κ1) is 15.5. The maximum absolute atomic E-state index is 12.6. The number of para-hydroxylation sites is 1. The van der Waals surface area contributed by atoms with Crippen LogP contribution in [0.2, 0.25) is 0 Å². The van der Waals surface area contributed by atoms with Gasteiger partial charge in [0.25, 0.3) is 5.91 Å². The highest BCUT2D eigenvalue weighted by Crippen LogP contribution is 2.19. The van der Waals surface area contributed by atoms with E-state index in [1.807, 2.05) is 43.0 Å². The second kappa shape index (κ2) is 6.77. The molecule has 0 spiro atoms. The van der Waals surface area contributed by atoms with Crippen LogP contribution in [0.3, 0.4) is 0 Å². The van der Waals surface area contributed by atoms with Gasteiger partial charge in [0.05, 0.1) is 0 Å². The van der Waals surface area contributed by atoms with Gasteiger partial charge in [0.1, 0.15) is 5.69 Å². The lowest BCUT2D eigenvalue weighted by atomic mass is 10.1. The highest BCUT2D eigenvalue weighted by molar-refractivity contribution is 5.92. The van der Waals surface area contributed by atoms with Crippen LogP contribution in [0.1, 0.15) is 41.0 Å². The van der Waals surface area contributed by atoms with E-state index in [2.05, 4.69) is 15.3 Å². The Labute approximate surface area is 136 Å². The zero-order valence-corrected chi connectivity index (χ0v) is 13.7. The number of hydrogen-bond acceptors (Lipinski definition) is 4. The first-order chi connectivity index (χ1) is 11.1. The van der Waals surface area contributed by atoms with Gasteiger partial charge in [-0.3, -0.25) is 4.79 Å². The third-order valence-electron chi connectivity index (χ3n) is 4.11. The standard InChI is InChI=1S/C18H22N4O/c1-13-8-4-5-9-15(13)20-18-19-14(2)12-16(21-18)17(23)22-10-6-3-7-11-22/h4-5,8-9,12H,3,6-7,10-11H2,1-2H3,(H,19,20,21). The summed E-state index contributed by atoms with van der Waals surface area (Å²) in [7, 11) is 0. The molecule has 1 N–H and O–H groups in total. The Morgan fingerprint density at radius 1 is 1.09 bits per heavy atom. The van der Waals surface area contributed by atoms with Gasteiger partial charge >= 0.3 is 0 Å². The molecule has 0 unspecified atom stereocenters. The molecule has 1 saturated heterocycles. The smallest absolute Gasteiger partial charge is 0.272 e. The fraction of sp³-hybridized carbons (Fsp3) is 0.389. The fourth-order valence-corrected chi connectivity index (χ4v) is 2.83. The molecule has 5 heteroatoms. The van der Waals surface area contributed by atoms with Crippen LogP contribution in [0.5, 0.6) is 0 Å². The zero-order chi connectivity index (χ0) is 16.2. The van der Waals surface area contributed by atoms with Crippen molar-refractivity contribution >= 4 is 17.5 Å². The van der Waals surface area contributed by atoms with Gasteiger partial charge in [-0.15, -0.1) is 0 Å². The molecule has 0 aliphatic carbocycles. The minimum absolute atomic E-state index is 0.00281. The number of piperidine rings is 1. The number of nitrogens with one attached hydrogen (secondary N) is 1. The van der Waals surface area contributed by atoms with Crippen LogP contribution in [0.25, 0.3) is 0 Å². The van der Waals surface area contributed by atoms with Gasteiger partial charge in [0, 0.05) is 24.5 Å². The molecule has 1 aromatic carbocycles. The Morgan fingerprint density at radius 3 is 2.57 bits per heavy atom. The minimum atomic E-state index is 0.00281. The number of nitrogens with zero attached hydrogens (tertiary/aromatic N) is 3. The molecule has 0 saturated carbocycles. The summed E-state index contributed by atoms with van der Waals surface area (Å²) in [6.07, 6.45) is 3.35. The van der Waals surface area contributed by atoms with Crippen molar-refractivity contribution < 1.29 is 4.79 Å². The normalized spacial score (nSPS) is 14.6. The molecule has 1 amide bonds. The largest absolute Gasteiger partial charge is 0.337 e. The number of carbonyl (C=O) groups is 1. The van der Waals surface area contributed by atoms with E-state index < -0.39 is 0 Å². The Kier molecular flexibility index (Phi) is 4.55. The minimum Gasteiger partial charge on any atom is -0.337 e. The molecule has 23 heavy (non-hydrogen) atoms. The van der Waals surface area contributed by atoms with Gasteiger partial charge in [0.15, 0.2) is 0 Å². The number of benzene rings is 1. The number of carbonyl (C=O) groups excluding carboxylic acids is 1. The summed E-state index contributed by atoms with van der Waals surface area (Å²) in [4.78, 5) is 23.4. The predicted molar refractivity (Wildman–Crippen MR) is 91.0 cm³/mol. The first-order valence-electron chi connectivity index (χ1n) is 8.11.